The number of hydrogen-bond donors (Lipinski definition) is 0. The second kappa shape index (κ2) is 8.27. The summed E-state index contributed by atoms with van der Waals surface area (Å²) in [6, 6.07) is 7.19. The van der Waals surface area contributed by atoms with E-state index in [1.807, 2.05) is 6.07 Å². The fourth-order valence-corrected chi connectivity index (χ4v) is 1.97. The zero-order chi connectivity index (χ0) is 17.5. The Kier molecular flexibility index (Phi) is 6.69. The summed E-state index contributed by atoms with van der Waals surface area (Å²) < 4.78 is 9.51. The van der Waals surface area contributed by atoms with Crippen LogP contribution in [0.25, 0.3) is 6.08 Å². The van der Waals surface area contributed by atoms with Gasteiger partial charge in [0.1, 0.15) is 5.41 Å². The third kappa shape index (κ3) is 5.06. The molecule has 0 saturated carbocycles. The van der Waals surface area contributed by atoms with Crippen molar-refractivity contribution in [2.24, 2.45) is 5.41 Å². The summed E-state index contributed by atoms with van der Waals surface area (Å²) in [7, 11) is 1.26. The van der Waals surface area contributed by atoms with E-state index in [0.717, 1.165) is 11.1 Å². The van der Waals surface area contributed by atoms with Crippen molar-refractivity contribution in [1.82, 2.24) is 0 Å². The van der Waals surface area contributed by atoms with Gasteiger partial charge in [-0.05, 0) is 38.0 Å². The molecule has 0 N–H and O–H groups in total. The van der Waals surface area contributed by atoms with E-state index < -0.39 is 17.4 Å². The van der Waals surface area contributed by atoms with Gasteiger partial charge in [-0.1, -0.05) is 24.3 Å². The molecule has 1 aromatic carbocycles. The Morgan fingerprint density at radius 1 is 1.17 bits per heavy atom. The van der Waals surface area contributed by atoms with Gasteiger partial charge in [0.05, 0.1) is 13.7 Å². The molecular weight excluding hydrogens is 296 g/mol. The number of ether oxygens (including phenoxy) is 2. The molecular formula is C18H22O5. The fourth-order valence-electron chi connectivity index (χ4n) is 1.97. The number of Topliss-reactive ketones (excluding diaryl/α,β-unsaturated/α-hetero) is 1. The summed E-state index contributed by atoms with van der Waals surface area (Å²) in [5.74, 6) is -1.26. The number of ketones is 1. The maximum Gasteiger partial charge on any atom is 0.330 e. The summed E-state index contributed by atoms with van der Waals surface area (Å²) in [4.78, 5) is 35.5. The van der Waals surface area contributed by atoms with E-state index in [2.05, 4.69) is 4.74 Å². The van der Waals surface area contributed by atoms with Gasteiger partial charge in [-0.15, -0.1) is 0 Å². The van der Waals surface area contributed by atoms with Gasteiger partial charge in [0.25, 0.3) is 0 Å². The van der Waals surface area contributed by atoms with Crippen LogP contribution in [0.2, 0.25) is 0 Å². The lowest BCUT2D eigenvalue weighted by Crippen LogP contribution is -2.35. The highest BCUT2D eigenvalue weighted by Gasteiger charge is 2.36. The van der Waals surface area contributed by atoms with E-state index in [9.17, 15) is 14.4 Å². The molecule has 1 rings (SSSR count). The maximum absolute atomic E-state index is 12.4. The highest BCUT2D eigenvalue weighted by atomic mass is 16.5. The predicted octanol–water partition coefficient (Wildman–Crippen LogP) is 2.57. The molecule has 0 heterocycles. The molecule has 0 saturated heterocycles. The maximum atomic E-state index is 12.4. The Bertz CT molecular complexity index is 614. The normalized spacial score (nSPS) is 11.3. The SMILES string of the molecule is CCOC(=O)/C=C/c1ccccc1CC(=O)C(C)(C)C(=O)OC. The van der Waals surface area contributed by atoms with Crippen molar-refractivity contribution in [3.63, 3.8) is 0 Å². The largest absolute Gasteiger partial charge is 0.468 e. The Morgan fingerprint density at radius 3 is 2.43 bits per heavy atom. The molecule has 0 bridgehead atoms. The molecule has 0 unspecified atom stereocenters. The third-order valence-electron chi connectivity index (χ3n) is 3.48. The lowest BCUT2D eigenvalue weighted by molar-refractivity contribution is -0.155. The van der Waals surface area contributed by atoms with Crippen LogP contribution in [0.5, 0.6) is 0 Å². The highest BCUT2D eigenvalue weighted by molar-refractivity contribution is 6.04. The summed E-state index contributed by atoms with van der Waals surface area (Å²) in [6.45, 7) is 5.11. The number of carbonyl (C=O) groups excluding carboxylic acids is 3. The van der Waals surface area contributed by atoms with Crippen LogP contribution in [0.15, 0.2) is 30.3 Å². The first kappa shape index (κ1) is 18.6. The molecule has 0 radical (unpaired) electrons. The fraction of sp³-hybridized carbons (Fsp3) is 0.389. The van der Waals surface area contributed by atoms with Gasteiger partial charge in [-0.2, -0.15) is 0 Å². The van der Waals surface area contributed by atoms with Crippen molar-refractivity contribution in [2.45, 2.75) is 27.2 Å². The van der Waals surface area contributed by atoms with Crippen LogP contribution < -0.4 is 0 Å². The smallest absolute Gasteiger partial charge is 0.330 e. The van der Waals surface area contributed by atoms with Gasteiger partial charge in [-0.25, -0.2) is 4.79 Å². The van der Waals surface area contributed by atoms with Crippen LogP contribution in [0.3, 0.4) is 0 Å². The van der Waals surface area contributed by atoms with Crippen LogP contribution >= 0.6 is 0 Å². The molecule has 0 spiro atoms. The molecule has 0 fully saturated rings. The average molecular weight is 318 g/mol. The predicted molar refractivity (Wildman–Crippen MR) is 86.6 cm³/mol. The summed E-state index contributed by atoms with van der Waals surface area (Å²) in [5.41, 5.74) is 0.247. The second-order valence-electron chi connectivity index (χ2n) is 5.50. The van der Waals surface area contributed by atoms with Crippen LogP contribution in [-0.2, 0) is 30.3 Å². The minimum atomic E-state index is -1.22. The van der Waals surface area contributed by atoms with E-state index >= 15 is 0 Å². The number of rotatable bonds is 7. The van der Waals surface area contributed by atoms with E-state index in [0.29, 0.717) is 6.61 Å². The Morgan fingerprint density at radius 2 is 1.83 bits per heavy atom. The van der Waals surface area contributed by atoms with Crippen LogP contribution in [-0.4, -0.2) is 31.4 Å². The highest BCUT2D eigenvalue weighted by Crippen LogP contribution is 2.22. The van der Waals surface area contributed by atoms with Gasteiger partial charge in [0.2, 0.25) is 0 Å². The van der Waals surface area contributed by atoms with Crippen LogP contribution in [0.1, 0.15) is 31.9 Å². The first-order valence-electron chi connectivity index (χ1n) is 7.37. The number of esters is 2. The van der Waals surface area contributed by atoms with E-state index in [1.54, 1.807) is 31.2 Å². The zero-order valence-electron chi connectivity index (χ0n) is 13.9. The number of benzene rings is 1. The molecule has 124 valence electrons. The molecule has 0 amide bonds. The van der Waals surface area contributed by atoms with Gasteiger partial charge in [-0.3, -0.25) is 9.59 Å². The molecule has 0 atom stereocenters. The molecule has 0 aliphatic carbocycles. The second-order valence-corrected chi connectivity index (χ2v) is 5.50. The first-order valence-corrected chi connectivity index (χ1v) is 7.37. The Labute approximate surface area is 136 Å². The van der Waals surface area contributed by atoms with Gasteiger partial charge >= 0.3 is 11.9 Å². The number of methoxy groups -OCH3 is 1. The molecule has 23 heavy (non-hydrogen) atoms. The Hall–Kier alpha value is -2.43. The van der Waals surface area contributed by atoms with Crippen molar-refractivity contribution in [1.29, 1.82) is 0 Å². The molecule has 5 heteroatoms. The molecule has 0 aliphatic rings. The quantitative estimate of drug-likeness (QED) is 0.439. The van der Waals surface area contributed by atoms with Gasteiger partial charge < -0.3 is 9.47 Å². The van der Waals surface area contributed by atoms with Crippen molar-refractivity contribution >= 4 is 23.8 Å². The lowest BCUT2D eigenvalue weighted by Gasteiger charge is -2.20. The summed E-state index contributed by atoms with van der Waals surface area (Å²) >= 11 is 0. The van der Waals surface area contributed by atoms with E-state index in [-0.39, 0.29) is 12.2 Å². The first-order chi connectivity index (χ1) is 10.8. The Balaban J connectivity index is 2.96. The lowest BCUT2D eigenvalue weighted by atomic mass is 9.84. The van der Waals surface area contributed by atoms with Crippen LogP contribution in [0.4, 0.5) is 0 Å². The molecule has 1 aromatic rings. The topological polar surface area (TPSA) is 69.7 Å². The summed E-state index contributed by atoms with van der Waals surface area (Å²) in [6.07, 6.45) is 3.00. The average Bonchev–Trinajstić information content (AvgIpc) is 2.53. The molecule has 0 aromatic heterocycles. The summed E-state index contributed by atoms with van der Waals surface area (Å²) in [5, 5.41) is 0. The van der Waals surface area contributed by atoms with Crippen molar-refractivity contribution in [3.05, 3.63) is 41.5 Å². The standard InChI is InChI=1S/C18H22O5/c1-5-23-16(20)11-10-13-8-6-7-9-14(13)12-15(19)18(2,3)17(21)22-4/h6-11H,5,12H2,1-4H3/b11-10+. The van der Waals surface area contributed by atoms with Crippen LogP contribution in [0, 0.1) is 5.41 Å². The molecule has 5 nitrogen and oxygen atoms in total. The van der Waals surface area contributed by atoms with Gasteiger partial charge in [0, 0.05) is 12.5 Å². The zero-order valence-corrected chi connectivity index (χ0v) is 13.9. The number of carbonyl (C=O) groups is 3. The van der Waals surface area contributed by atoms with Crippen molar-refractivity contribution in [2.75, 3.05) is 13.7 Å². The van der Waals surface area contributed by atoms with E-state index in [1.165, 1.54) is 27.0 Å². The number of hydrogen-bond acceptors (Lipinski definition) is 5. The van der Waals surface area contributed by atoms with E-state index in [4.69, 9.17) is 4.74 Å². The minimum Gasteiger partial charge on any atom is -0.468 e. The van der Waals surface area contributed by atoms with Crippen molar-refractivity contribution in [3.8, 4) is 0 Å². The molecule has 0 aliphatic heterocycles. The minimum absolute atomic E-state index is 0.0748. The van der Waals surface area contributed by atoms with Crippen molar-refractivity contribution < 1.29 is 23.9 Å². The monoisotopic (exact) mass is 318 g/mol. The third-order valence-corrected chi connectivity index (χ3v) is 3.48. The van der Waals surface area contributed by atoms with Gasteiger partial charge in [0.15, 0.2) is 5.78 Å².